The molecular formula is C9H17N5O. The highest BCUT2D eigenvalue weighted by Gasteiger charge is 2.25. The highest BCUT2D eigenvalue weighted by atomic mass is 16.5. The first-order valence-corrected chi connectivity index (χ1v) is 5.17. The second-order valence-corrected chi connectivity index (χ2v) is 4.02. The van der Waals surface area contributed by atoms with Crippen LogP contribution in [0, 0.1) is 5.92 Å². The SMILES string of the molecule is COc1n[nH]c(N2CCC(C)C(N)C2)n1. The van der Waals surface area contributed by atoms with Gasteiger partial charge in [-0.3, -0.25) is 0 Å². The van der Waals surface area contributed by atoms with E-state index in [0.29, 0.717) is 11.9 Å². The first-order valence-electron chi connectivity index (χ1n) is 5.17. The maximum absolute atomic E-state index is 6.01. The molecular weight excluding hydrogens is 194 g/mol. The molecule has 1 aliphatic heterocycles. The van der Waals surface area contributed by atoms with Gasteiger partial charge in [-0.15, -0.1) is 5.10 Å². The molecule has 0 aliphatic carbocycles. The molecule has 6 heteroatoms. The molecule has 84 valence electrons. The van der Waals surface area contributed by atoms with Crippen LogP contribution in [0.1, 0.15) is 13.3 Å². The third-order valence-electron chi connectivity index (χ3n) is 2.95. The number of nitrogens with zero attached hydrogens (tertiary/aromatic N) is 3. The van der Waals surface area contributed by atoms with Crippen LogP contribution in [0.5, 0.6) is 6.01 Å². The lowest BCUT2D eigenvalue weighted by Crippen LogP contribution is -2.48. The highest BCUT2D eigenvalue weighted by Crippen LogP contribution is 2.20. The standard InChI is InChI=1S/C9H17N5O/c1-6-3-4-14(5-7(6)10)8-11-9(15-2)13-12-8/h6-7H,3-5,10H2,1-2H3,(H,11,12,13). The maximum Gasteiger partial charge on any atom is 0.336 e. The average molecular weight is 211 g/mol. The maximum atomic E-state index is 6.01. The Kier molecular flexibility index (Phi) is 2.77. The Morgan fingerprint density at radius 2 is 2.40 bits per heavy atom. The van der Waals surface area contributed by atoms with Crippen LogP contribution < -0.4 is 15.4 Å². The van der Waals surface area contributed by atoms with Gasteiger partial charge in [0.05, 0.1) is 7.11 Å². The first kappa shape index (κ1) is 10.2. The monoisotopic (exact) mass is 211 g/mol. The number of aromatic amines is 1. The number of ether oxygens (including phenoxy) is 1. The summed E-state index contributed by atoms with van der Waals surface area (Å²) < 4.78 is 4.92. The molecule has 0 radical (unpaired) electrons. The summed E-state index contributed by atoms with van der Waals surface area (Å²) in [6.45, 7) is 3.97. The van der Waals surface area contributed by atoms with Gasteiger partial charge < -0.3 is 15.4 Å². The van der Waals surface area contributed by atoms with E-state index in [-0.39, 0.29) is 6.04 Å². The largest absolute Gasteiger partial charge is 0.466 e. The van der Waals surface area contributed by atoms with Crippen LogP contribution in [0.25, 0.3) is 0 Å². The zero-order valence-corrected chi connectivity index (χ0v) is 9.10. The van der Waals surface area contributed by atoms with Crippen LogP contribution >= 0.6 is 0 Å². The van der Waals surface area contributed by atoms with Crippen molar-refractivity contribution in [2.75, 3.05) is 25.1 Å². The fourth-order valence-electron chi connectivity index (χ4n) is 1.76. The van der Waals surface area contributed by atoms with Crippen molar-refractivity contribution >= 4 is 5.95 Å². The van der Waals surface area contributed by atoms with Crippen LogP contribution in [-0.4, -0.2) is 41.4 Å². The number of methoxy groups -OCH3 is 1. The highest BCUT2D eigenvalue weighted by molar-refractivity contribution is 5.31. The van der Waals surface area contributed by atoms with Crippen molar-refractivity contribution < 1.29 is 4.74 Å². The molecule has 1 aromatic rings. The van der Waals surface area contributed by atoms with E-state index < -0.39 is 0 Å². The topological polar surface area (TPSA) is 80.1 Å². The van der Waals surface area contributed by atoms with Crippen molar-refractivity contribution in [3.8, 4) is 6.01 Å². The summed E-state index contributed by atoms with van der Waals surface area (Å²) in [5, 5.41) is 6.76. The molecule has 1 aliphatic rings. The Morgan fingerprint density at radius 3 is 3.00 bits per heavy atom. The quantitative estimate of drug-likeness (QED) is 0.719. The number of rotatable bonds is 2. The van der Waals surface area contributed by atoms with Gasteiger partial charge in [0, 0.05) is 19.1 Å². The van der Waals surface area contributed by atoms with Crippen molar-refractivity contribution in [2.24, 2.45) is 11.7 Å². The van der Waals surface area contributed by atoms with Crippen molar-refractivity contribution in [3.05, 3.63) is 0 Å². The molecule has 0 aromatic carbocycles. The summed E-state index contributed by atoms with van der Waals surface area (Å²) in [5.74, 6) is 1.32. The molecule has 0 spiro atoms. The molecule has 1 fully saturated rings. The van der Waals surface area contributed by atoms with Crippen LogP contribution in [0.15, 0.2) is 0 Å². The normalized spacial score (nSPS) is 26.7. The van der Waals surface area contributed by atoms with E-state index in [9.17, 15) is 0 Å². The Labute approximate surface area is 88.8 Å². The number of hydrogen-bond donors (Lipinski definition) is 2. The zero-order chi connectivity index (χ0) is 10.8. The summed E-state index contributed by atoms with van der Waals surface area (Å²) in [5.41, 5.74) is 6.01. The smallest absolute Gasteiger partial charge is 0.336 e. The second-order valence-electron chi connectivity index (χ2n) is 4.02. The van der Waals surface area contributed by atoms with Crippen molar-refractivity contribution in [1.29, 1.82) is 0 Å². The Balaban J connectivity index is 2.05. The number of nitrogens with two attached hydrogens (primary N) is 1. The number of anilines is 1. The predicted molar refractivity (Wildman–Crippen MR) is 56.9 cm³/mol. The fraction of sp³-hybridized carbons (Fsp3) is 0.778. The Hall–Kier alpha value is -1.30. The summed E-state index contributed by atoms with van der Waals surface area (Å²) in [4.78, 5) is 6.30. The third kappa shape index (κ3) is 2.04. The third-order valence-corrected chi connectivity index (χ3v) is 2.95. The lowest BCUT2D eigenvalue weighted by molar-refractivity contribution is 0.373. The molecule has 3 N–H and O–H groups in total. The van der Waals surface area contributed by atoms with Gasteiger partial charge in [0.25, 0.3) is 0 Å². The van der Waals surface area contributed by atoms with Crippen molar-refractivity contribution in [2.45, 2.75) is 19.4 Å². The number of nitrogens with one attached hydrogen (secondary N) is 1. The lowest BCUT2D eigenvalue weighted by Gasteiger charge is -2.34. The van der Waals surface area contributed by atoms with E-state index in [4.69, 9.17) is 10.5 Å². The molecule has 0 bridgehead atoms. The Bertz CT molecular complexity index is 326. The summed E-state index contributed by atoms with van der Waals surface area (Å²) in [6, 6.07) is 0.576. The van der Waals surface area contributed by atoms with Crippen molar-refractivity contribution in [3.63, 3.8) is 0 Å². The Morgan fingerprint density at radius 1 is 1.60 bits per heavy atom. The van der Waals surface area contributed by atoms with E-state index in [1.807, 2.05) is 0 Å². The molecule has 2 rings (SSSR count). The van der Waals surface area contributed by atoms with E-state index in [1.54, 1.807) is 7.11 Å². The van der Waals surface area contributed by atoms with Gasteiger partial charge in [0.15, 0.2) is 0 Å². The molecule has 15 heavy (non-hydrogen) atoms. The van der Waals surface area contributed by atoms with Crippen LogP contribution in [0.2, 0.25) is 0 Å². The van der Waals surface area contributed by atoms with Gasteiger partial charge in [0.1, 0.15) is 0 Å². The van der Waals surface area contributed by atoms with Gasteiger partial charge in [-0.05, 0) is 12.3 Å². The van der Waals surface area contributed by atoms with E-state index in [2.05, 4.69) is 27.0 Å². The molecule has 1 saturated heterocycles. The van der Waals surface area contributed by atoms with Crippen LogP contribution in [-0.2, 0) is 0 Å². The minimum atomic E-state index is 0.204. The first-order chi connectivity index (χ1) is 7.20. The predicted octanol–water partition coefficient (Wildman–Crippen LogP) is -0.0132. The van der Waals surface area contributed by atoms with E-state index in [0.717, 1.165) is 25.5 Å². The van der Waals surface area contributed by atoms with E-state index >= 15 is 0 Å². The average Bonchev–Trinajstić information content (AvgIpc) is 2.70. The molecule has 0 amide bonds. The minimum absolute atomic E-state index is 0.204. The van der Waals surface area contributed by atoms with Crippen LogP contribution in [0.3, 0.4) is 0 Å². The number of aromatic nitrogens is 3. The molecule has 2 heterocycles. The van der Waals surface area contributed by atoms with Gasteiger partial charge in [-0.2, -0.15) is 4.98 Å². The number of piperidine rings is 1. The van der Waals surface area contributed by atoms with Crippen molar-refractivity contribution in [1.82, 2.24) is 15.2 Å². The van der Waals surface area contributed by atoms with Gasteiger partial charge in [0.2, 0.25) is 5.95 Å². The van der Waals surface area contributed by atoms with Gasteiger partial charge in [-0.1, -0.05) is 6.92 Å². The zero-order valence-electron chi connectivity index (χ0n) is 9.10. The number of hydrogen-bond acceptors (Lipinski definition) is 5. The summed E-state index contributed by atoms with van der Waals surface area (Å²) >= 11 is 0. The molecule has 6 nitrogen and oxygen atoms in total. The van der Waals surface area contributed by atoms with Gasteiger partial charge >= 0.3 is 6.01 Å². The lowest BCUT2D eigenvalue weighted by atomic mass is 9.95. The minimum Gasteiger partial charge on any atom is -0.466 e. The molecule has 1 aromatic heterocycles. The van der Waals surface area contributed by atoms with Gasteiger partial charge in [-0.25, -0.2) is 5.10 Å². The number of H-pyrrole nitrogens is 1. The fourth-order valence-corrected chi connectivity index (χ4v) is 1.76. The molecule has 0 saturated carbocycles. The van der Waals surface area contributed by atoms with Crippen LogP contribution in [0.4, 0.5) is 5.95 Å². The molecule has 2 unspecified atom stereocenters. The second kappa shape index (κ2) is 4.06. The summed E-state index contributed by atoms with van der Waals surface area (Å²) in [7, 11) is 1.55. The van der Waals surface area contributed by atoms with E-state index in [1.165, 1.54) is 0 Å². The summed E-state index contributed by atoms with van der Waals surface area (Å²) in [6.07, 6.45) is 1.09. The molecule has 2 atom stereocenters.